The fraction of sp³-hybridized carbons (Fsp3) is 0.615. The second-order valence-corrected chi connectivity index (χ2v) is 6.34. The van der Waals surface area contributed by atoms with Crippen LogP contribution < -0.4 is 5.32 Å². The highest BCUT2D eigenvalue weighted by molar-refractivity contribution is 7.16. The molecule has 0 spiro atoms. The van der Waals surface area contributed by atoms with Crippen LogP contribution in [-0.2, 0) is 11.2 Å². The van der Waals surface area contributed by atoms with Crippen molar-refractivity contribution in [3.8, 4) is 0 Å². The number of hydrogen-bond acceptors (Lipinski definition) is 3. The molecule has 1 aromatic heterocycles. The molecule has 0 saturated heterocycles. The molecule has 0 atom stereocenters. The first-order valence-corrected chi connectivity index (χ1v) is 7.64. The Morgan fingerprint density at radius 2 is 2.33 bits per heavy atom. The maximum Gasteiger partial charge on any atom is 0.236 e. The van der Waals surface area contributed by atoms with E-state index in [0.29, 0.717) is 12.6 Å². The second-order valence-electron chi connectivity index (χ2n) is 4.54. The first-order chi connectivity index (χ1) is 8.70. The van der Waals surface area contributed by atoms with E-state index in [-0.39, 0.29) is 5.91 Å². The smallest absolute Gasteiger partial charge is 0.236 e. The molecule has 2 rings (SSSR count). The number of halogens is 1. The second kappa shape index (κ2) is 6.55. The van der Waals surface area contributed by atoms with E-state index in [1.807, 2.05) is 24.0 Å². The average Bonchev–Trinajstić information content (AvgIpc) is 3.09. The van der Waals surface area contributed by atoms with Gasteiger partial charge < -0.3 is 10.2 Å². The predicted octanol–water partition coefficient (Wildman–Crippen LogP) is 2.54. The van der Waals surface area contributed by atoms with E-state index in [0.717, 1.165) is 23.8 Å². The van der Waals surface area contributed by atoms with Crippen LogP contribution in [0.25, 0.3) is 0 Å². The van der Waals surface area contributed by atoms with Crippen molar-refractivity contribution in [1.82, 2.24) is 10.2 Å². The molecule has 100 valence electrons. The highest BCUT2D eigenvalue weighted by Gasteiger charge is 2.30. The maximum atomic E-state index is 11.9. The van der Waals surface area contributed by atoms with Gasteiger partial charge in [0, 0.05) is 24.0 Å². The number of rotatable bonds is 7. The van der Waals surface area contributed by atoms with Crippen LogP contribution in [-0.4, -0.2) is 36.5 Å². The fourth-order valence-electron chi connectivity index (χ4n) is 2.02. The van der Waals surface area contributed by atoms with Gasteiger partial charge in [0.2, 0.25) is 5.91 Å². The molecule has 1 saturated carbocycles. The molecule has 5 heteroatoms. The Balaban J connectivity index is 1.64. The maximum absolute atomic E-state index is 11.9. The Labute approximate surface area is 117 Å². The monoisotopic (exact) mass is 286 g/mol. The third kappa shape index (κ3) is 3.97. The lowest BCUT2D eigenvalue weighted by Crippen LogP contribution is -2.39. The van der Waals surface area contributed by atoms with Gasteiger partial charge in [-0.05, 0) is 38.3 Å². The summed E-state index contributed by atoms with van der Waals surface area (Å²) in [7, 11) is 0. The molecule has 3 nitrogen and oxygen atoms in total. The number of hydrogen-bond donors (Lipinski definition) is 1. The zero-order valence-electron chi connectivity index (χ0n) is 10.6. The van der Waals surface area contributed by atoms with E-state index >= 15 is 0 Å². The van der Waals surface area contributed by atoms with E-state index in [9.17, 15) is 4.79 Å². The van der Waals surface area contributed by atoms with Gasteiger partial charge in [0.05, 0.1) is 10.9 Å². The molecule has 1 aliphatic carbocycles. The zero-order chi connectivity index (χ0) is 13.0. The summed E-state index contributed by atoms with van der Waals surface area (Å²) >= 11 is 7.47. The fourth-order valence-corrected chi connectivity index (χ4v) is 3.11. The van der Waals surface area contributed by atoms with Gasteiger partial charge >= 0.3 is 0 Å². The van der Waals surface area contributed by atoms with Gasteiger partial charge in [0.25, 0.3) is 0 Å². The van der Waals surface area contributed by atoms with Crippen molar-refractivity contribution in [1.29, 1.82) is 0 Å². The molecule has 1 aromatic rings. The predicted molar refractivity (Wildman–Crippen MR) is 76.3 cm³/mol. The molecule has 1 aliphatic rings. The third-order valence-corrected chi connectivity index (χ3v) is 4.39. The summed E-state index contributed by atoms with van der Waals surface area (Å²) in [4.78, 5) is 15.2. The van der Waals surface area contributed by atoms with Crippen LogP contribution in [0.1, 0.15) is 24.6 Å². The molecule has 0 unspecified atom stereocenters. The van der Waals surface area contributed by atoms with Crippen molar-refractivity contribution in [2.75, 3.05) is 19.6 Å². The van der Waals surface area contributed by atoms with E-state index in [1.165, 1.54) is 17.7 Å². The van der Waals surface area contributed by atoms with Crippen molar-refractivity contribution in [2.24, 2.45) is 0 Å². The van der Waals surface area contributed by atoms with Crippen LogP contribution in [0.3, 0.4) is 0 Å². The molecule has 0 radical (unpaired) electrons. The highest BCUT2D eigenvalue weighted by Crippen LogP contribution is 2.26. The minimum absolute atomic E-state index is 0.226. The molecule has 1 N–H and O–H groups in total. The summed E-state index contributed by atoms with van der Waals surface area (Å²) in [6.07, 6.45) is 3.28. The van der Waals surface area contributed by atoms with Crippen molar-refractivity contribution >= 4 is 28.8 Å². The van der Waals surface area contributed by atoms with Crippen LogP contribution in [0.2, 0.25) is 4.34 Å². The normalized spacial score (nSPS) is 14.8. The lowest BCUT2D eigenvalue weighted by molar-refractivity contribution is -0.130. The summed E-state index contributed by atoms with van der Waals surface area (Å²) in [6, 6.07) is 4.47. The lowest BCUT2D eigenvalue weighted by atomic mass is 10.3. The number of nitrogens with zero attached hydrogens (tertiary/aromatic N) is 1. The van der Waals surface area contributed by atoms with E-state index < -0.39 is 0 Å². The zero-order valence-corrected chi connectivity index (χ0v) is 12.2. The Hall–Kier alpha value is -0.580. The van der Waals surface area contributed by atoms with Crippen LogP contribution in [0, 0.1) is 0 Å². The average molecular weight is 287 g/mol. The van der Waals surface area contributed by atoms with Gasteiger partial charge in [-0.1, -0.05) is 11.6 Å². The van der Waals surface area contributed by atoms with Gasteiger partial charge in [-0.25, -0.2) is 0 Å². The standard InChI is InChI=1S/C13H19ClN2OS/c1-2-16(10-3-4-10)13(17)9-15-8-7-11-5-6-12(14)18-11/h5-6,10,15H,2-4,7-9H2,1H3. The summed E-state index contributed by atoms with van der Waals surface area (Å²) in [5.41, 5.74) is 0. The minimum atomic E-state index is 0.226. The Kier molecular flexibility index (Phi) is 5.03. The molecular weight excluding hydrogens is 268 g/mol. The van der Waals surface area contributed by atoms with Crippen LogP contribution in [0.15, 0.2) is 12.1 Å². The van der Waals surface area contributed by atoms with Crippen molar-refractivity contribution in [3.05, 3.63) is 21.3 Å². The topological polar surface area (TPSA) is 32.3 Å². The summed E-state index contributed by atoms with van der Waals surface area (Å²) < 4.78 is 0.826. The number of carbonyl (C=O) groups is 1. The summed E-state index contributed by atoms with van der Waals surface area (Å²) in [5, 5.41) is 3.21. The molecule has 1 fully saturated rings. The van der Waals surface area contributed by atoms with Gasteiger partial charge in [-0.2, -0.15) is 0 Å². The van der Waals surface area contributed by atoms with E-state index in [2.05, 4.69) is 5.32 Å². The van der Waals surface area contributed by atoms with E-state index in [4.69, 9.17) is 11.6 Å². The molecule has 0 aromatic carbocycles. The van der Waals surface area contributed by atoms with E-state index in [1.54, 1.807) is 11.3 Å². The molecule has 0 aliphatic heterocycles. The molecule has 1 heterocycles. The van der Waals surface area contributed by atoms with Gasteiger partial charge in [-0.15, -0.1) is 11.3 Å². The van der Waals surface area contributed by atoms with Crippen molar-refractivity contribution < 1.29 is 4.79 Å². The van der Waals surface area contributed by atoms with Crippen molar-refractivity contribution in [3.63, 3.8) is 0 Å². The quantitative estimate of drug-likeness (QED) is 0.781. The molecule has 0 bridgehead atoms. The molecule has 1 amide bonds. The first kappa shape index (κ1) is 13.8. The molecule has 18 heavy (non-hydrogen) atoms. The number of carbonyl (C=O) groups excluding carboxylic acids is 1. The number of amides is 1. The van der Waals surface area contributed by atoms with Crippen LogP contribution in [0.5, 0.6) is 0 Å². The Morgan fingerprint density at radius 3 is 2.89 bits per heavy atom. The Morgan fingerprint density at radius 1 is 1.56 bits per heavy atom. The first-order valence-electron chi connectivity index (χ1n) is 6.45. The van der Waals surface area contributed by atoms with Crippen LogP contribution >= 0.6 is 22.9 Å². The lowest BCUT2D eigenvalue weighted by Gasteiger charge is -2.20. The number of likely N-dealkylation sites (N-methyl/N-ethyl adjacent to an activating group) is 1. The highest BCUT2D eigenvalue weighted by atomic mass is 35.5. The van der Waals surface area contributed by atoms with Gasteiger partial charge in [0.15, 0.2) is 0 Å². The largest absolute Gasteiger partial charge is 0.339 e. The molecular formula is C13H19ClN2OS. The number of thiophene rings is 1. The van der Waals surface area contributed by atoms with Crippen molar-refractivity contribution in [2.45, 2.75) is 32.2 Å². The Bertz CT molecular complexity index is 403. The van der Waals surface area contributed by atoms with Gasteiger partial charge in [-0.3, -0.25) is 4.79 Å². The van der Waals surface area contributed by atoms with Gasteiger partial charge in [0.1, 0.15) is 0 Å². The third-order valence-electron chi connectivity index (χ3n) is 3.10. The number of nitrogens with one attached hydrogen (secondary N) is 1. The van der Waals surface area contributed by atoms with Crippen LogP contribution in [0.4, 0.5) is 0 Å². The summed E-state index contributed by atoms with van der Waals surface area (Å²) in [5.74, 6) is 0.226. The summed E-state index contributed by atoms with van der Waals surface area (Å²) in [6.45, 7) is 4.14. The SMILES string of the molecule is CCN(C(=O)CNCCc1ccc(Cl)s1)C1CC1. The minimum Gasteiger partial charge on any atom is -0.339 e.